The first-order valence-electron chi connectivity index (χ1n) is 10.4. The number of imidazole rings is 1. The zero-order valence-electron chi connectivity index (χ0n) is 17.2. The van der Waals surface area contributed by atoms with Crippen LogP contribution >= 0.6 is 0 Å². The van der Waals surface area contributed by atoms with Gasteiger partial charge in [0.1, 0.15) is 0 Å². The molecule has 0 saturated carbocycles. The van der Waals surface area contributed by atoms with Gasteiger partial charge in [-0.25, -0.2) is 9.97 Å². The summed E-state index contributed by atoms with van der Waals surface area (Å²) in [5.74, 6) is 2.11. The van der Waals surface area contributed by atoms with E-state index in [1.54, 1.807) is 25.6 Å². The lowest BCUT2D eigenvalue weighted by molar-refractivity contribution is 0.109. The van der Waals surface area contributed by atoms with E-state index in [-0.39, 0.29) is 5.56 Å². The third-order valence-corrected chi connectivity index (χ3v) is 6.14. The van der Waals surface area contributed by atoms with Gasteiger partial charge in [-0.3, -0.25) is 9.20 Å². The highest BCUT2D eigenvalue weighted by Crippen LogP contribution is 2.37. The first-order valence-corrected chi connectivity index (χ1v) is 10.4. The second-order valence-corrected chi connectivity index (χ2v) is 8.80. The van der Waals surface area contributed by atoms with Crippen LogP contribution in [0.5, 0.6) is 5.88 Å². The molecule has 0 radical (unpaired) electrons. The van der Waals surface area contributed by atoms with E-state index in [2.05, 4.69) is 34.8 Å². The van der Waals surface area contributed by atoms with E-state index in [4.69, 9.17) is 4.74 Å². The minimum Gasteiger partial charge on any atom is -0.478 e. The Morgan fingerprint density at radius 1 is 1.21 bits per heavy atom. The van der Waals surface area contributed by atoms with Crippen LogP contribution in [0.4, 0.5) is 0 Å². The van der Waals surface area contributed by atoms with Gasteiger partial charge in [-0.2, -0.15) is 0 Å². The lowest BCUT2D eigenvalue weighted by atomic mass is 9.82. The van der Waals surface area contributed by atoms with Crippen LogP contribution in [0.3, 0.4) is 0 Å². The Balaban J connectivity index is 1.57. The highest BCUT2D eigenvalue weighted by molar-refractivity contribution is 5.66. The highest BCUT2D eigenvalue weighted by Gasteiger charge is 2.35. The molecule has 2 aliphatic rings. The van der Waals surface area contributed by atoms with Crippen LogP contribution in [-0.4, -0.2) is 50.6 Å². The van der Waals surface area contributed by atoms with Gasteiger partial charge in [-0.05, 0) is 24.3 Å². The largest absolute Gasteiger partial charge is 0.478 e. The Bertz CT molecular complexity index is 1120. The second-order valence-electron chi connectivity index (χ2n) is 8.80. The molecule has 7 heteroatoms. The number of likely N-dealkylation sites (tertiary alicyclic amines) is 1. The molecule has 7 nitrogen and oxygen atoms in total. The molecular formula is C22H27N5O2. The zero-order valence-corrected chi connectivity index (χ0v) is 17.2. The fraction of sp³-hybridized carbons (Fsp3) is 0.500. The normalized spacial score (nSPS) is 21.5. The third kappa shape index (κ3) is 3.13. The number of hydrogen-bond donors (Lipinski definition) is 0. The van der Waals surface area contributed by atoms with E-state index in [0.29, 0.717) is 29.3 Å². The monoisotopic (exact) mass is 393 g/mol. The Labute approximate surface area is 170 Å². The lowest BCUT2D eigenvalue weighted by Crippen LogP contribution is -2.48. The molecule has 0 N–H and O–H groups in total. The minimum atomic E-state index is 0.0838. The maximum absolute atomic E-state index is 13.0. The molecule has 0 amide bonds. The molecule has 5 heterocycles. The van der Waals surface area contributed by atoms with Crippen LogP contribution in [0.1, 0.15) is 31.9 Å². The highest BCUT2D eigenvalue weighted by atomic mass is 16.5. The molecular weight excluding hydrogens is 366 g/mol. The molecule has 0 unspecified atom stereocenters. The van der Waals surface area contributed by atoms with E-state index in [1.807, 2.05) is 15.2 Å². The summed E-state index contributed by atoms with van der Waals surface area (Å²) in [6.45, 7) is 8.62. The molecule has 2 bridgehead atoms. The van der Waals surface area contributed by atoms with Crippen LogP contribution in [0.15, 0.2) is 35.5 Å². The Morgan fingerprint density at radius 2 is 2.07 bits per heavy atom. The third-order valence-electron chi connectivity index (χ3n) is 6.14. The molecule has 0 aromatic carbocycles. The number of hydrogen-bond acceptors (Lipinski definition) is 5. The first-order chi connectivity index (χ1) is 14.0. The quantitative estimate of drug-likeness (QED) is 0.682. The van der Waals surface area contributed by atoms with Crippen molar-refractivity contribution in [2.45, 2.75) is 32.7 Å². The number of nitrogens with zero attached hydrogens (tertiary/aromatic N) is 5. The van der Waals surface area contributed by atoms with Crippen molar-refractivity contribution in [1.29, 1.82) is 0 Å². The molecule has 2 atom stereocenters. The van der Waals surface area contributed by atoms with Crippen LogP contribution in [-0.2, 0) is 6.54 Å². The standard InChI is InChI=1S/C22H27N5O2/c1-14(2)10-25-11-15-6-17(13-25)18-7-16(8-20(28)27(18)12-15)19-9-24-21-22(29-3)23-4-5-26(19)21/h4-5,7-9,14-15,17H,6,10-13H2,1-3H3/t15-,17+/m0/s1. The van der Waals surface area contributed by atoms with Crippen molar-refractivity contribution in [3.8, 4) is 17.1 Å². The fourth-order valence-electron chi connectivity index (χ4n) is 5.12. The average molecular weight is 393 g/mol. The number of aromatic nitrogens is 4. The maximum Gasteiger partial charge on any atom is 0.258 e. The number of piperidine rings is 1. The van der Waals surface area contributed by atoms with Gasteiger partial charge in [0.15, 0.2) is 0 Å². The van der Waals surface area contributed by atoms with Gasteiger partial charge in [-0.1, -0.05) is 13.8 Å². The average Bonchev–Trinajstić information content (AvgIpc) is 3.12. The van der Waals surface area contributed by atoms with Crippen LogP contribution in [0.25, 0.3) is 16.9 Å². The summed E-state index contributed by atoms with van der Waals surface area (Å²) in [7, 11) is 1.59. The molecule has 5 rings (SSSR count). The summed E-state index contributed by atoms with van der Waals surface area (Å²) in [6.07, 6.45) is 6.52. The van der Waals surface area contributed by atoms with Gasteiger partial charge >= 0.3 is 0 Å². The minimum absolute atomic E-state index is 0.0838. The van der Waals surface area contributed by atoms with E-state index >= 15 is 0 Å². The van der Waals surface area contributed by atoms with Gasteiger partial charge in [-0.15, -0.1) is 0 Å². The van der Waals surface area contributed by atoms with Crippen molar-refractivity contribution in [2.24, 2.45) is 11.8 Å². The van der Waals surface area contributed by atoms with Gasteiger partial charge in [0, 0.05) is 61.8 Å². The van der Waals surface area contributed by atoms with Crippen LogP contribution in [0.2, 0.25) is 0 Å². The number of pyridine rings is 1. The fourth-order valence-corrected chi connectivity index (χ4v) is 5.12. The second kappa shape index (κ2) is 6.99. The van der Waals surface area contributed by atoms with Crippen LogP contribution < -0.4 is 10.3 Å². The van der Waals surface area contributed by atoms with E-state index in [0.717, 1.165) is 43.1 Å². The van der Waals surface area contributed by atoms with Crippen molar-refractivity contribution in [2.75, 3.05) is 26.7 Å². The zero-order chi connectivity index (χ0) is 20.1. The molecule has 0 spiro atoms. The van der Waals surface area contributed by atoms with Crippen molar-refractivity contribution < 1.29 is 4.74 Å². The number of ether oxygens (including phenoxy) is 1. The summed E-state index contributed by atoms with van der Waals surface area (Å²) in [4.78, 5) is 24.3. The maximum atomic E-state index is 13.0. The lowest BCUT2D eigenvalue weighted by Gasteiger charge is -2.43. The summed E-state index contributed by atoms with van der Waals surface area (Å²) in [5.41, 5.74) is 3.69. The predicted molar refractivity (Wildman–Crippen MR) is 111 cm³/mol. The smallest absolute Gasteiger partial charge is 0.258 e. The van der Waals surface area contributed by atoms with Gasteiger partial charge in [0.05, 0.1) is 19.0 Å². The van der Waals surface area contributed by atoms with Crippen molar-refractivity contribution in [3.05, 3.63) is 46.8 Å². The molecule has 3 aromatic heterocycles. The Morgan fingerprint density at radius 3 is 2.86 bits per heavy atom. The van der Waals surface area contributed by atoms with Crippen molar-refractivity contribution in [3.63, 3.8) is 0 Å². The number of rotatable bonds is 4. The Kier molecular flexibility index (Phi) is 4.42. The van der Waals surface area contributed by atoms with Gasteiger partial charge in [0.25, 0.3) is 11.4 Å². The summed E-state index contributed by atoms with van der Waals surface area (Å²) in [5, 5.41) is 0. The first kappa shape index (κ1) is 18.4. The summed E-state index contributed by atoms with van der Waals surface area (Å²) in [6, 6.07) is 3.93. The molecule has 1 saturated heterocycles. The van der Waals surface area contributed by atoms with Crippen LogP contribution in [0, 0.1) is 11.8 Å². The van der Waals surface area contributed by atoms with Crippen molar-refractivity contribution in [1.82, 2.24) is 23.8 Å². The molecule has 2 aliphatic heterocycles. The number of fused-ring (bicyclic) bond motifs is 5. The predicted octanol–water partition coefficient (Wildman–Crippen LogP) is 2.64. The molecule has 3 aromatic rings. The SMILES string of the molecule is COc1nccn2c(-c3cc4n(c(=O)c3)C[C@H]3C[C@@H]4CN(CC(C)C)C3)cnc12. The van der Waals surface area contributed by atoms with Crippen molar-refractivity contribution >= 4 is 5.65 Å². The molecule has 29 heavy (non-hydrogen) atoms. The molecule has 0 aliphatic carbocycles. The number of methoxy groups -OCH3 is 1. The molecule has 1 fully saturated rings. The Hall–Kier alpha value is -2.67. The molecule has 152 valence electrons. The summed E-state index contributed by atoms with van der Waals surface area (Å²) >= 11 is 0. The van der Waals surface area contributed by atoms with Gasteiger partial charge < -0.3 is 14.2 Å². The summed E-state index contributed by atoms with van der Waals surface area (Å²) < 4.78 is 9.26. The van der Waals surface area contributed by atoms with E-state index in [1.165, 1.54) is 6.42 Å². The van der Waals surface area contributed by atoms with E-state index < -0.39 is 0 Å². The topological polar surface area (TPSA) is 64.7 Å². The van der Waals surface area contributed by atoms with E-state index in [9.17, 15) is 4.79 Å². The van der Waals surface area contributed by atoms with Gasteiger partial charge in [0.2, 0.25) is 5.65 Å².